The summed E-state index contributed by atoms with van der Waals surface area (Å²) in [4.78, 5) is 37.8. The van der Waals surface area contributed by atoms with E-state index in [1.807, 2.05) is 19.1 Å². The van der Waals surface area contributed by atoms with Gasteiger partial charge in [-0.2, -0.15) is 0 Å². The van der Waals surface area contributed by atoms with Crippen molar-refractivity contribution in [2.75, 3.05) is 23.9 Å². The number of ether oxygens (including phenoxy) is 1. The second kappa shape index (κ2) is 8.56. The van der Waals surface area contributed by atoms with Gasteiger partial charge in [0.1, 0.15) is 5.75 Å². The van der Waals surface area contributed by atoms with Crippen LogP contribution in [0, 0.1) is 6.92 Å². The quantitative estimate of drug-likeness (QED) is 0.779. The lowest BCUT2D eigenvalue weighted by Gasteiger charge is -2.19. The first-order chi connectivity index (χ1) is 13.5. The number of carbonyl (C=O) groups excluding carboxylic acids is 3. The van der Waals surface area contributed by atoms with Crippen molar-refractivity contribution in [3.63, 3.8) is 0 Å². The lowest BCUT2D eigenvalue weighted by molar-refractivity contribution is -0.136. The second-order valence-electron chi connectivity index (χ2n) is 6.64. The molecule has 1 aliphatic rings. The molecule has 28 heavy (non-hydrogen) atoms. The number of hydrogen-bond acceptors (Lipinski definition) is 4. The van der Waals surface area contributed by atoms with Crippen molar-refractivity contribution in [1.82, 2.24) is 5.32 Å². The van der Waals surface area contributed by atoms with E-state index in [4.69, 9.17) is 4.74 Å². The predicted octanol–water partition coefficient (Wildman–Crippen LogP) is 2.39. The molecule has 0 aliphatic carbocycles. The van der Waals surface area contributed by atoms with Crippen LogP contribution in [0.5, 0.6) is 5.75 Å². The Morgan fingerprint density at radius 1 is 1.11 bits per heavy atom. The number of hydrogen-bond donors (Lipinski definition) is 2. The number of nitrogens with one attached hydrogen (secondary N) is 2. The fourth-order valence-electron chi connectivity index (χ4n) is 3.13. The average molecular weight is 381 g/mol. The van der Waals surface area contributed by atoms with E-state index in [0.717, 1.165) is 29.0 Å². The Morgan fingerprint density at radius 2 is 1.86 bits per heavy atom. The predicted molar refractivity (Wildman–Crippen MR) is 106 cm³/mol. The molecule has 2 aromatic rings. The zero-order chi connectivity index (χ0) is 20.1. The third kappa shape index (κ3) is 4.49. The number of aryl methyl sites for hydroxylation is 1. The van der Waals surface area contributed by atoms with E-state index in [0.29, 0.717) is 18.7 Å². The van der Waals surface area contributed by atoms with Gasteiger partial charge in [0.05, 0.1) is 7.11 Å². The summed E-state index contributed by atoms with van der Waals surface area (Å²) in [7, 11) is 1.58. The number of benzene rings is 2. The molecule has 0 atom stereocenters. The first-order valence-corrected chi connectivity index (χ1v) is 9.11. The van der Waals surface area contributed by atoms with Crippen molar-refractivity contribution < 1.29 is 19.1 Å². The maximum atomic E-state index is 12.1. The van der Waals surface area contributed by atoms with E-state index in [1.54, 1.807) is 42.3 Å². The van der Waals surface area contributed by atoms with Crippen LogP contribution in [-0.2, 0) is 20.9 Å². The molecule has 0 radical (unpaired) electrons. The van der Waals surface area contributed by atoms with Gasteiger partial charge in [-0.3, -0.25) is 14.4 Å². The standard InChI is InChI=1S/C21H23N3O4/c1-14-12-16(7-10-18(14)24-11-3-4-19(24)25)23-21(27)20(26)22-13-15-5-8-17(28-2)9-6-15/h5-10,12H,3-4,11,13H2,1-2H3,(H,22,26)(H,23,27). The van der Waals surface area contributed by atoms with Crippen molar-refractivity contribution in [2.45, 2.75) is 26.3 Å². The molecule has 1 aliphatic heterocycles. The summed E-state index contributed by atoms with van der Waals surface area (Å²) in [6, 6.07) is 12.5. The minimum Gasteiger partial charge on any atom is -0.497 e. The molecule has 3 rings (SSSR count). The molecule has 7 nitrogen and oxygen atoms in total. The number of nitrogens with zero attached hydrogens (tertiary/aromatic N) is 1. The zero-order valence-electron chi connectivity index (χ0n) is 16.0. The summed E-state index contributed by atoms with van der Waals surface area (Å²) in [6.07, 6.45) is 1.41. The summed E-state index contributed by atoms with van der Waals surface area (Å²) in [5.41, 5.74) is 3.08. The Morgan fingerprint density at radius 3 is 2.46 bits per heavy atom. The van der Waals surface area contributed by atoms with Crippen LogP contribution in [0.1, 0.15) is 24.0 Å². The molecule has 0 spiro atoms. The molecule has 7 heteroatoms. The molecule has 2 aromatic carbocycles. The Balaban J connectivity index is 1.56. The molecular formula is C21H23N3O4. The number of anilines is 2. The summed E-state index contributed by atoms with van der Waals surface area (Å²) in [5.74, 6) is -0.620. The van der Waals surface area contributed by atoms with Gasteiger partial charge < -0.3 is 20.3 Å². The molecule has 146 valence electrons. The highest BCUT2D eigenvalue weighted by atomic mass is 16.5. The molecule has 1 heterocycles. The Labute approximate surface area is 163 Å². The maximum Gasteiger partial charge on any atom is 0.313 e. The highest BCUT2D eigenvalue weighted by Crippen LogP contribution is 2.27. The Hall–Kier alpha value is -3.35. The van der Waals surface area contributed by atoms with Crippen LogP contribution in [-0.4, -0.2) is 31.4 Å². The van der Waals surface area contributed by atoms with E-state index in [-0.39, 0.29) is 12.5 Å². The largest absolute Gasteiger partial charge is 0.497 e. The molecular weight excluding hydrogens is 358 g/mol. The molecule has 1 fully saturated rings. The molecule has 1 saturated heterocycles. The van der Waals surface area contributed by atoms with Gasteiger partial charge in [-0.15, -0.1) is 0 Å². The average Bonchev–Trinajstić information content (AvgIpc) is 3.12. The smallest absolute Gasteiger partial charge is 0.313 e. The number of methoxy groups -OCH3 is 1. The summed E-state index contributed by atoms with van der Waals surface area (Å²) >= 11 is 0. The van der Waals surface area contributed by atoms with Crippen molar-refractivity contribution in [1.29, 1.82) is 0 Å². The Kier molecular flexibility index (Phi) is 5.93. The molecule has 0 aromatic heterocycles. The van der Waals surface area contributed by atoms with Gasteiger partial charge in [-0.25, -0.2) is 0 Å². The van der Waals surface area contributed by atoms with Gasteiger partial charge in [0.25, 0.3) is 0 Å². The molecule has 0 unspecified atom stereocenters. The lowest BCUT2D eigenvalue weighted by atomic mass is 10.1. The van der Waals surface area contributed by atoms with Crippen LogP contribution >= 0.6 is 0 Å². The third-order valence-corrected chi connectivity index (χ3v) is 4.64. The van der Waals surface area contributed by atoms with Crippen LogP contribution in [0.15, 0.2) is 42.5 Å². The van der Waals surface area contributed by atoms with Crippen molar-refractivity contribution in [2.24, 2.45) is 0 Å². The van der Waals surface area contributed by atoms with E-state index < -0.39 is 11.8 Å². The third-order valence-electron chi connectivity index (χ3n) is 4.64. The number of carbonyl (C=O) groups is 3. The zero-order valence-corrected chi connectivity index (χ0v) is 16.0. The monoisotopic (exact) mass is 381 g/mol. The molecule has 2 N–H and O–H groups in total. The molecule has 3 amide bonds. The highest BCUT2D eigenvalue weighted by Gasteiger charge is 2.23. The van der Waals surface area contributed by atoms with Crippen molar-refractivity contribution >= 4 is 29.1 Å². The van der Waals surface area contributed by atoms with Crippen LogP contribution in [0.25, 0.3) is 0 Å². The minimum atomic E-state index is -0.738. The first kappa shape index (κ1) is 19.4. The van der Waals surface area contributed by atoms with E-state index in [2.05, 4.69) is 10.6 Å². The van der Waals surface area contributed by atoms with Gasteiger partial charge in [-0.05, 0) is 54.8 Å². The van der Waals surface area contributed by atoms with E-state index in [1.165, 1.54) is 0 Å². The van der Waals surface area contributed by atoms with Crippen molar-refractivity contribution in [3.8, 4) is 5.75 Å². The van der Waals surface area contributed by atoms with Crippen LogP contribution in [0.2, 0.25) is 0 Å². The first-order valence-electron chi connectivity index (χ1n) is 9.11. The SMILES string of the molecule is COc1ccc(CNC(=O)C(=O)Nc2ccc(N3CCCC3=O)c(C)c2)cc1. The molecule has 0 saturated carbocycles. The topological polar surface area (TPSA) is 87.7 Å². The maximum absolute atomic E-state index is 12.1. The fraction of sp³-hybridized carbons (Fsp3) is 0.286. The normalized spacial score (nSPS) is 13.4. The number of rotatable bonds is 5. The van der Waals surface area contributed by atoms with Gasteiger partial charge >= 0.3 is 11.8 Å². The minimum absolute atomic E-state index is 0.109. The highest BCUT2D eigenvalue weighted by molar-refractivity contribution is 6.39. The summed E-state index contributed by atoms with van der Waals surface area (Å²) < 4.78 is 5.08. The lowest BCUT2D eigenvalue weighted by Crippen LogP contribution is -2.35. The van der Waals surface area contributed by atoms with E-state index in [9.17, 15) is 14.4 Å². The van der Waals surface area contributed by atoms with Gasteiger partial charge in [-0.1, -0.05) is 12.1 Å². The Bertz CT molecular complexity index is 893. The van der Waals surface area contributed by atoms with Crippen LogP contribution in [0.3, 0.4) is 0 Å². The second-order valence-corrected chi connectivity index (χ2v) is 6.64. The fourth-order valence-corrected chi connectivity index (χ4v) is 3.13. The van der Waals surface area contributed by atoms with Gasteiger partial charge in [0.15, 0.2) is 0 Å². The van der Waals surface area contributed by atoms with E-state index >= 15 is 0 Å². The van der Waals surface area contributed by atoms with Crippen LogP contribution < -0.4 is 20.3 Å². The van der Waals surface area contributed by atoms with Crippen LogP contribution in [0.4, 0.5) is 11.4 Å². The number of amides is 3. The van der Waals surface area contributed by atoms with Gasteiger partial charge in [0.2, 0.25) is 5.91 Å². The molecule has 0 bridgehead atoms. The van der Waals surface area contributed by atoms with Gasteiger partial charge in [0, 0.05) is 30.9 Å². The van der Waals surface area contributed by atoms with Crippen molar-refractivity contribution in [3.05, 3.63) is 53.6 Å². The summed E-state index contributed by atoms with van der Waals surface area (Å²) in [5, 5.41) is 5.18. The summed E-state index contributed by atoms with van der Waals surface area (Å²) in [6.45, 7) is 2.82.